The Balaban J connectivity index is 2.40. The molecule has 2 heteroatoms. The topological polar surface area (TPSA) is 9.23 Å². The van der Waals surface area contributed by atoms with E-state index in [0.29, 0.717) is 0 Å². The molecule has 0 aromatic heterocycles. The van der Waals surface area contributed by atoms with Gasteiger partial charge in [0.05, 0.1) is 6.61 Å². The number of hydrogen-bond donors (Lipinski definition) is 0. The maximum Gasteiger partial charge on any atom is 0.133 e. The molecule has 1 rings (SSSR count). The smallest absolute Gasteiger partial charge is 0.133 e. The molecule has 0 radical (unpaired) electrons. The van der Waals surface area contributed by atoms with Gasteiger partial charge in [0.15, 0.2) is 0 Å². The van der Waals surface area contributed by atoms with E-state index in [1.807, 2.05) is 0 Å². The summed E-state index contributed by atoms with van der Waals surface area (Å²) in [6, 6.07) is 0. The van der Waals surface area contributed by atoms with Crippen molar-refractivity contribution >= 4 is 7.85 Å². The molecule has 0 bridgehead atoms. The van der Waals surface area contributed by atoms with Crippen molar-refractivity contribution < 1.29 is 4.74 Å². The van der Waals surface area contributed by atoms with Crippen molar-refractivity contribution in [1.29, 1.82) is 0 Å². The molecule has 0 fully saturated rings. The lowest BCUT2D eigenvalue weighted by atomic mass is 9.92. The first-order valence-electron chi connectivity index (χ1n) is 2.63. The van der Waals surface area contributed by atoms with E-state index in [2.05, 4.69) is 13.9 Å². The Morgan fingerprint density at radius 2 is 2.57 bits per heavy atom. The fourth-order valence-corrected chi connectivity index (χ4v) is 0.620. The zero-order valence-corrected chi connectivity index (χ0v) is 4.61. The molecule has 0 atom stereocenters. The van der Waals surface area contributed by atoms with Gasteiger partial charge in [-0.25, -0.2) is 0 Å². The van der Waals surface area contributed by atoms with Crippen LogP contribution in [-0.2, 0) is 4.74 Å². The molecule has 0 N–H and O–H groups in total. The largest absolute Gasteiger partial charge is 0.377 e. The van der Waals surface area contributed by atoms with E-state index in [1.165, 1.54) is 5.47 Å². The van der Waals surface area contributed by atoms with Gasteiger partial charge in [-0.2, -0.15) is 0 Å². The van der Waals surface area contributed by atoms with Crippen molar-refractivity contribution in [3.63, 3.8) is 0 Å². The van der Waals surface area contributed by atoms with Crippen LogP contribution in [0.5, 0.6) is 0 Å². The Morgan fingerprint density at radius 3 is 2.86 bits per heavy atom. The van der Waals surface area contributed by atoms with E-state index < -0.39 is 0 Å². The molecule has 0 spiro atoms. The number of hydrogen-bond acceptors (Lipinski definition) is 1. The molecule has 0 aromatic carbocycles. The minimum Gasteiger partial charge on any atom is -0.377 e. The minimum absolute atomic E-state index is 0.825. The summed E-state index contributed by atoms with van der Waals surface area (Å²) in [4.78, 5) is 0. The van der Waals surface area contributed by atoms with Gasteiger partial charge in [-0.1, -0.05) is 6.08 Å². The predicted molar refractivity (Wildman–Crippen MR) is 32.1 cm³/mol. The van der Waals surface area contributed by atoms with E-state index in [9.17, 15) is 0 Å². The van der Waals surface area contributed by atoms with Crippen LogP contribution in [0.2, 0.25) is 0 Å². The molecule has 7 heavy (non-hydrogen) atoms. The van der Waals surface area contributed by atoms with Crippen LogP contribution in [0, 0.1) is 0 Å². The maximum atomic E-state index is 5.06. The summed E-state index contributed by atoms with van der Waals surface area (Å²) in [6.07, 6.45) is 3.25. The molecule has 1 heterocycles. The normalized spacial score (nSPS) is 21.4. The van der Waals surface area contributed by atoms with Crippen LogP contribution in [0.25, 0.3) is 0 Å². The van der Waals surface area contributed by atoms with Gasteiger partial charge in [-0.05, 0) is 6.42 Å². The van der Waals surface area contributed by atoms with Crippen molar-refractivity contribution in [3.8, 4) is 0 Å². The summed E-state index contributed by atoms with van der Waals surface area (Å²) >= 11 is 0. The average molecular weight is 95.9 g/mol. The first-order valence-corrected chi connectivity index (χ1v) is 2.63. The third-order valence-corrected chi connectivity index (χ3v) is 1.19. The van der Waals surface area contributed by atoms with Gasteiger partial charge in [-0.15, -0.1) is 5.47 Å². The maximum absolute atomic E-state index is 5.06. The van der Waals surface area contributed by atoms with E-state index in [0.717, 1.165) is 19.6 Å². The lowest BCUT2D eigenvalue weighted by Crippen LogP contribution is -2.03. The monoisotopic (exact) mass is 96.1 g/mol. The van der Waals surface area contributed by atoms with Gasteiger partial charge >= 0.3 is 0 Å². The predicted octanol–water partition coefficient (Wildman–Crippen LogP) is -0.0763. The lowest BCUT2D eigenvalue weighted by Gasteiger charge is -2.07. The van der Waals surface area contributed by atoms with Crippen molar-refractivity contribution in [2.24, 2.45) is 0 Å². The molecule has 0 saturated heterocycles. The number of ether oxygens (including phenoxy) is 1. The Kier molecular flexibility index (Phi) is 1.52. The molecular weight excluding hydrogens is 86.9 g/mol. The summed E-state index contributed by atoms with van der Waals surface area (Å²) < 4.78 is 5.06. The molecule has 1 aliphatic heterocycles. The van der Waals surface area contributed by atoms with Crippen molar-refractivity contribution in [2.75, 3.05) is 13.2 Å². The van der Waals surface area contributed by atoms with Crippen LogP contribution in [-0.4, -0.2) is 21.1 Å². The minimum atomic E-state index is 0.825. The van der Waals surface area contributed by atoms with Crippen LogP contribution >= 0.6 is 0 Å². The Labute approximate surface area is 44.8 Å². The molecule has 0 aromatic rings. The fourth-order valence-electron chi connectivity index (χ4n) is 0.620. The Hall–Kier alpha value is -0.235. The molecule has 1 aliphatic rings. The van der Waals surface area contributed by atoms with Crippen LogP contribution in [0.4, 0.5) is 0 Å². The summed E-state index contributed by atoms with van der Waals surface area (Å²) in [5.74, 6) is 0. The molecule has 0 amide bonds. The zero-order chi connectivity index (χ0) is 5.11. The molecule has 0 unspecified atom stereocenters. The fraction of sp³-hybridized carbons (Fsp3) is 0.600. The third kappa shape index (κ3) is 1.36. The van der Waals surface area contributed by atoms with Crippen LogP contribution in [0.1, 0.15) is 6.42 Å². The zero-order valence-electron chi connectivity index (χ0n) is 4.61. The first kappa shape index (κ1) is 4.91. The van der Waals surface area contributed by atoms with Gasteiger partial charge in [0.25, 0.3) is 0 Å². The highest BCUT2D eigenvalue weighted by atomic mass is 16.5. The van der Waals surface area contributed by atoms with Crippen LogP contribution in [0.15, 0.2) is 11.5 Å². The van der Waals surface area contributed by atoms with Crippen LogP contribution < -0.4 is 0 Å². The highest BCUT2D eigenvalue weighted by Crippen LogP contribution is 2.00. The Morgan fingerprint density at radius 1 is 1.71 bits per heavy atom. The Bertz CT molecular complexity index is 88.1. The van der Waals surface area contributed by atoms with E-state index >= 15 is 0 Å². The van der Waals surface area contributed by atoms with Crippen molar-refractivity contribution in [2.45, 2.75) is 6.42 Å². The second kappa shape index (κ2) is 2.17. The molecular formula is C5H9BO. The highest BCUT2D eigenvalue weighted by molar-refractivity contribution is 6.21. The summed E-state index contributed by atoms with van der Waals surface area (Å²) in [7, 11) is 2.14. The van der Waals surface area contributed by atoms with E-state index in [-0.39, 0.29) is 0 Å². The van der Waals surface area contributed by atoms with Crippen molar-refractivity contribution in [3.05, 3.63) is 11.5 Å². The average Bonchev–Trinajstić information content (AvgIpc) is 1.69. The summed E-state index contributed by atoms with van der Waals surface area (Å²) in [5, 5.41) is 0. The standard InChI is InChI=1S/C5H9BO/c6-5-1-3-7-4-2-5/h1H,2-4,6H2. The van der Waals surface area contributed by atoms with Crippen LogP contribution in [0.3, 0.4) is 0 Å². The second-order valence-corrected chi connectivity index (χ2v) is 1.88. The lowest BCUT2D eigenvalue weighted by molar-refractivity contribution is 0.157. The van der Waals surface area contributed by atoms with Gasteiger partial charge in [0, 0.05) is 6.61 Å². The third-order valence-electron chi connectivity index (χ3n) is 1.19. The highest BCUT2D eigenvalue weighted by Gasteiger charge is 1.94. The van der Waals surface area contributed by atoms with Gasteiger partial charge < -0.3 is 4.74 Å². The first-order chi connectivity index (χ1) is 3.39. The summed E-state index contributed by atoms with van der Waals surface area (Å²) in [6.45, 7) is 1.74. The van der Waals surface area contributed by atoms with Gasteiger partial charge in [-0.3, -0.25) is 0 Å². The summed E-state index contributed by atoms with van der Waals surface area (Å²) in [5.41, 5.74) is 1.46. The van der Waals surface area contributed by atoms with Crippen molar-refractivity contribution in [1.82, 2.24) is 0 Å². The second-order valence-electron chi connectivity index (χ2n) is 1.88. The van der Waals surface area contributed by atoms with E-state index in [4.69, 9.17) is 4.74 Å². The SMILES string of the molecule is BC1=CCOCC1. The molecule has 1 nitrogen and oxygen atoms in total. The molecule has 0 saturated carbocycles. The quantitative estimate of drug-likeness (QED) is 0.383. The molecule has 38 valence electrons. The molecule has 0 aliphatic carbocycles. The van der Waals surface area contributed by atoms with Gasteiger partial charge in [0.1, 0.15) is 7.85 Å². The number of rotatable bonds is 0. The van der Waals surface area contributed by atoms with E-state index in [1.54, 1.807) is 0 Å². The van der Waals surface area contributed by atoms with Gasteiger partial charge in [0.2, 0.25) is 0 Å².